The number of carbonyl (C=O) groups is 1. The molecule has 1 aromatic heterocycles. The first kappa shape index (κ1) is 16.0. The van der Waals surface area contributed by atoms with Gasteiger partial charge in [-0.3, -0.25) is 9.89 Å². The Bertz CT molecular complexity index is 834. The molecule has 3 aliphatic rings. The van der Waals surface area contributed by atoms with E-state index in [4.69, 9.17) is 4.74 Å². The summed E-state index contributed by atoms with van der Waals surface area (Å²) in [5.74, 6) is 0.169. The summed E-state index contributed by atoms with van der Waals surface area (Å²) in [4.78, 5) is 14.7. The molecule has 26 heavy (non-hydrogen) atoms. The minimum atomic E-state index is -0.660. The van der Waals surface area contributed by atoms with Crippen LogP contribution >= 0.6 is 0 Å². The molecule has 3 heterocycles. The van der Waals surface area contributed by atoms with Crippen LogP contribution in [0.4, 0.5) is 0 Å². The Labute approximate surface area is 152 Å². The highest BCUT2D eigenvalue weighted by molar-refractivity contribution is 5.94. The number of aromatic amines is 1. The molecule has 1 aromatic carbocycles. The number of rotatable bonds is 2. The van der Waals surface area contributed by atoms with Crippen molar-refractivity contribution in [2.24, 2.45) is 0 Å². The highest BCUT2D eigenvalue weighted by Gasteiger charge is 2.53. The van der Waals surface area contributed by atoms with Crippen molar-refractivity contribution >= 4 is 5.91 Å². The van der Waals surface area contributed by atoms with Crippen LogP contribution in [-0.4, -0.2) is 57.5 Å². The van der Waals surface area contributed by atoms with Gasteiger partial charge in [0.05, 0.1) is 13.2 Å². The van der Waals surface area contributed by atoms with E-state index in [1.165, 1.54) is 5.56 Å². The van der Waals surface area contributed by atoms with E-state index < -0.39 is 11.7 Å². The van der Waals surface area contributed by atoms with Crippen molar-refractivity contribution in [2.45, 2.75) is 43.3 Å². The minimum absolute atomic E-state index is 0.0907. The molecule has 0 unspecified atom stereocenters. The molecule has 1 aliphatic carbocycles. The molecule has 6 nitrogen and oxygen atoms in total. The van der Waals surface area contributed by atoms with E-state index in [1.807, 2.05) is 18.2 Å². The zero-order valence-corrected chi connectivity index (χ0v) is 14.6. The number of aromatic nitrogens is 2. The van der Waals surface area contributed by atoms with Crippen molar-refractivity contribution in [3.8, 4) is 0 Å². The lowest BCUT2D eigenvalue weighted by Crippen LogP contribution is -2.41. The van der Waals surface area contributed by atoms with E-state index >= 15 is 0 Å². The van der Waals surface area contributed by atoms with Gasteiger partial charge in [0.25, 0.3) is 5.91 Å². The van der Waals surface area contributed by atoms with Crippen LogP contribution in [0.1, 0.15) is 46.1 Å². The molecule has 5 rings (SSSR count). The Kier molecular flexibility index (Phi) is 3.65. The van der Waals surface area contributed by atoms with Crippen molar-refractivity contribution in [2.75, 3.05) is 19.7 Å². The number of likely N-dealkylation sites (tertiary alicyclic amines) is 1. The third-order valence-corrected chi connectivity index (χ3v) is 6.19. The lowest BCUT2D eigenvalue weighted by molar-refractivity contribution is -0.0591. The molecule has 2 aliphatic heterocycles. The number of carbonyl (C=O) groups excluding carboxylic acids is 1. The van der Waals surface area contributed by atoms with Gasteiger partial charge in [-0.25, -0.2) is 0 Å². The lowest BCUT2D eigenvalue weighted by Gasteiger charge is -2.25. The average molecular weight is 353 g/mol. The number of aliphatic hydroxyl groups is 1. The van der Waals surface area contributed by atoms with Gasteiger partial charge in [0, 0.05) is 23.7 Å². The van der Waals surface area contributed by atoms with Gasteiger partial charge < -0.3 is 14.7 Å². The number of amides is 1. The van der Waals surface area contributed by atoms with Crippen LogP contribution in [0.15, 0.2) is 30.3 Å². The molecule has 2 saturated heterocycles. The maximum atomic E-state index is 13.0. The first-order valence-electron chi connectivity index (χ1n) is 9.39. The maximum Gasteiger partial charge on any atom is 0.274 e. The molecular formula is C20H23N3O3. The summed E-state index contributed by atoms with van der Waals surface area (Å²) >= 11 is 0. The number of ether oxygens (including phenoxy) is 1. The molecule has 1 amide bonds. The summed E-state index contributed by atoms with van der Waals surface area (Å²) in [6.07, 6.45) is 3.01. The molecule has 3 atom stereocenters. The van der Waals surface area contributed by atoms with Gasteiger partial charge in [0.15, 0.2) is 5.69 Å². The number of nitrogens with one attached hydrogen (secondary N) is 1. The monoisotopic (exact) mass is 353 g/mol. The average Bonchev–Trinajstić information content (AvgIpc) is 3.41. The first-order valence-corrected chi connectivity index (χ1v) is 9.39. The van der Waals surface area contributed by atoms with Crippen molar-refractivity contribution in [3.63, 3.8) is 0 Å². The number of β-amino-alcohol motifs (C(OH)–C–C–N with tert-alkyl or cyclic N) is 1. The van der Waals surface area contributed by atoms with Crippen LogP contribution in [0.3, 0.4) is 0 Å². The third kappa shape index (κ3) is 2.40. The van der Waals surface area contributed by atoms with Gasteiger partial charge in [0.1, 0.15) is 11.7 Å². The van der Waals surface area contributed by atoms with Crippen LogP contribution in [-0.2, 0) is 17.6 Å². The molecule has 1 spiro atoms. The normalized spacial score (nSPS) is 30.3. The molecular weight excluding hydrogens is 330 g/mol. The fourth-order valence-corrected chi connectivity index (χ4v) is 4.75. The number of fused-ring (bicyclic) bond motifs is 1. The Balaban J connectivity index is 1.35. The first-order chi connectivity index (χ1) is 12.7. The van der Waals surface area contributed by atoms with Crippen molar-refractivity contribution in [3.05, 3.63) is 52.8 Å². The minimum Gasteiger partial charge on any atom is -0.388 e. The largest absolute Gasteiger partial charge is 0.388 e. The van der Waals surface area contributed by atoms with E-state index in [0.717, 1.165) is 36.9 Å². The molecule has 6 heteroatoms. The van der Waals surface area contributed by atoms with Gasteiger partial charge in [-0.2, -0.15) is 5.10 Å². The Hall–Kier alpha value is -2.18. The van der Waals surface area contributed by atoms with Crippen molar-refractivity contribution < 1.29 is 14.6 Å². The Morgan fingerprint density at radius 2 is 2.15 bits per heavy atom. The van der Waals surface area contributed by atoms with Crippen LogP contribution in [0, 0.1) is 0 Å². The van der Waals surface area contributed by atoms with E-state index in [0.29, 0.717) is 25.4 Å². The maximum absolute atomic E-state index is 13.0. The summed E-state index contributed by atoms with van der Waals surface area (Å²) in [6.45, 7) is 1.32. The quantitative estimate of drug-likeness (QED) is 0.861. The molecule has 2 fully saturated rings. The highest BCUT2D eigenvalue weighted by atomic mass is 16.5. The number of hydrogen-bond acceptors (Lipinski definition) is 4. The van der Waals surface area contributed by atoms with Crippen LogP contribution in [0.25, 0.3) is 0 Å². The summed E-state index contributed by atoms with van der Waals surface area (Å²) in [7, 11) is 0. The number of hydrogen-bond donors (Lipinski definition) is 2. The molecule has 136 valence electrons. The van der Waals surface area contributed by atoms with E-state index in [1.54, 1.807) is 4.90 Å². The molecule has 0 radical (unpaired) electrons. The lowest BCUT2D eigenvalue weighted by atomic mass is 9.87. The third-order valence-electron chi connectivity index (χ3n) is 6.19. The molecule has 0 bridgehead atoms. The second-order valence-electron chi connectivity index (χ2n) is 7.77. The summed E-state index contributed by atoms with van der Waals surface area (Å²) in [6, 6.07) is 10.3. The Morgan fingerprint density at radius 3 is 3.00 bits per heavy atom. The van der Waals surface area contributed by atoms with Crippen LogP contribution < -0.4 is 0 Å². The zero-order valence-electron chi connectivity index (χ0n) is 14.6. The summed E-state index contributed by atoms with van der Waals surface area (Å²) in [5.41, 5.74) is 3.24. The zero-order chi connectivity index (χ0) is 17.7. The predicted octanol–water partition coefficient (Wildman–Crippen LogP) is 1.66. The van der Waals surface area contributed by atoms with Gasteiger partial charge in [-0.1, -0.05) is 30.3 Å². The Morgan fingerprint density at radius 1 is 1.31 bits per heavy atom. The van der Waals surface area contributed by atoms with Gasteiger partial charge in [0.2, 0.25) is 0 Å². The van der Waals surface area contributed by atoms with Crippen molar-refractivity contribution in [1.29, 1.82) is 0 Å². The number of aryl methyl sites for hydroxylation is 1. The van der Waals surface area contributed by atoms with Crippen molar-refractivity contribution in [1.82, 2.24) is 15.1 Å². The van der Waals surface area contributed by atoms with Crippen LogP contribution in [0.5, 0.6) is 0 Å². The van der Waals surface area contributed by atoms with E-state index in [2.05, 4.69) is 22.3 Å². The second-order valence-corrected chi connectivity index (χ2v) is 7.77. The summed E-state index contributed by atoms with van der Waals surface area (Å²) < 4.78 is 6.10. The summed E-state index contributed by atoms with van der Waals surface area (Å²) in [5, 5.41) is 18.0. The number of benzene rings is 1. The molecule has 2 N–H and O–H groups in total. The molecule has 0 saturated carbocycles. The van der Waals surface area contributed by atoms with Gasteiger partial charge >= 0.3 is 0 Å². The van der Waals surface area contributed by atoms with Gasteiger partial charge in [-0.15, -0.1) is 0 Å². The number of nitrogens with zero attached hydrogens (tertiary/aromatic N) is 2. The topological polar surface area (TPSA) is 78.5 Å². The predicted molar refractivity (Wildman–Crippen MR) is 95.0 cm³/mol. The molecule has 2 aromatic rings. The smallest absolute Gasteiger partial charge is 0.274 e. The van der Waals surface area contributed by atoms with E-state index in [9.17, 15) is 9.90 Å². The SMILES string of the molecule is O=C(c1n[nH]c2c1CCC2)N1C[C@@H](O)[C@@]2(C[C@@H](c3ccccc3)CO2)C1. The fraction of sp³-hybridized carbons (Fsp3) is 0.500. The highest BCUT2D eigenvalue weighted by Crippen LogP contribution is 2.42. The standard InChI is InChI=1S/C20H23N3O3/c24-17-10-23(19(25)18-15-7-4-8-16(15)21-22-18)12-20(17)9-14(11-26-20)13-5-2-1-3-6-13/h1-3,5-6,14,17,24H,4,7-12H2,(H,21,22)/t14-,17-,20-/m1/s1. The van der Waals surface area contributed by atoms with Crippen LogP contribution in [0.2, 0.25) is 0 Å². The second kappa shape index (κ2) is 5.93. The number of H-pyrrole nitrogens is 1. The van der Waals surface area contributed by atoms with Gasteiger partial charge in [-0.05, 0) is 31.2 Å². The van der Waals surface area contributed by atoms with E-state index in [-0.39, 0.29) is 11.8 Å². The fourth-order valence-electron chi connectivity index (χ4n) is 4.75. The number of aliphatic hydroxyl groups excluding tert-OH is 1.